The molecule has 2 atom stereocenters. The van der Waals surface area contributed by atoms with E-state index in [0.29, 0.717) is 6.54 Å². The lowest BCUT2D eigenvalue weighted by molar-refractivity contribution is 0.193. The molecule has 0 spiro atoms. The lowest BCUT2D eigenvalue weighted by Gasteiger charge is -2.07. The third kappa shape index (κ3) is 3.10. The molecule has 1 aliphatic heterocycles. The van der Waals surface area contributed by atoms with E-state index in [1.807, 2.05) is 18.2 Å². The molecule has 0 aromatic carbocycles. The first-order chi connectivity index (χ1) is 5.86. The van der Waals surface area contributed by atoms with Crippen molar-refractivity contribution in [2.24, 2.45) is 0 Å². The van der Waals surface area contributed by atoms with E-state index < -0.39 is 0 Å². The molecule has 1 fully saturated rings. The Hall–Kier alpha value is -0.350. The summed E-state index contributed by atoms with van der Waals surface area (Å²) in [6, 6.07) is 6.08. The van der Waals surface area contributed by atoms with Gasteiger partial charge in [-0.2, -0.15) is 0 Å². The van der Waals surface area contributed by atoms with E-state index in [1.165, 1.54) is 0 Å². The highest BCUT2D eigenvalue weighted by Crippen LogP contribution is 2.20. The number of hydrogen-bond donors (Lipinski definition) is 2. The van der Waals surface area contributed by atoms with Crippen molar-refractivity contribution in [3.63, 3.8) is 0 Å². The highest BCUT2D eigenvalue weighted by atomic mass is 35.5. The fourth-order valence-corrected chi connectivity index (χ4v) is 1.52. The summed E-state index contributed by atoms with van der Waals surface area (Å²) in [5.41, 5.74) is 1.02. The largest absolute Gasteiger partial charge is 0.392 e. The van der Waals surface area contributed by atoms with Crippen molar-refractivity contribution in [2.45, 2.75) is 18.6 Å². The van der Waals surface area contributed by atoms with E-state index >= 15 is 0 Å². The number of halogens is 2. The highest BCUT2D eigenvalue weighted by Gasteiger charge is 2.23. The SMILES string of the molecule is Cl.Cl.O[C@@H]1CN[C@@H](c2ccccn2)C1. The van der Waals surface area contributed by atoms with Gasteiger partial charge in [-0.05, 0) is 18.6 Å². The predicted octanol–water partition coefficient (Wildman–Crippen LogP) is 1.32. The number of pyridine rings is 1. The van der Waals surface area contributed by atoms with E-state index in [0.717, 1.165) is 12.1 Å². The van der Waals surface area contributed by atoms with Crippen molar-refractivity contribution < 1.29 is 5.11 Å². The molecule has 2 rings (SSSR count). The van der Waals surface area contributed by atoms with Crippen LogP contribution in [0.25, 0.3) is 0 Å². The summed E-state index contributed by atoms with van der Waals surface area (Å²) in [6.07, 6.45) is 2.34. The number of aromatic nitrogens is 1. The van der Waals surface area contributed by atoms with Crippen LogP contribution < -0.4 is 5.32 Å². The van der Waals surface area contributed by atoms with Crippen molar-refractivity contribution in [3.8, 4) is 0 Å². The molecule has 1 saturated heterocycles. The van der Waals surface area contributed by atoms with Gasteiger partial charge in [-0.1, -0.05) is 6.07 Å². The molecule has 1 aromatic heterocycles. The molecule has 2 N–H and O–H groups in total. The van der Waals surface area contributed by atoms with Crippen LogP contribution in [-0.2, 0) is 0 Å². The summed E-state index contributed by atoms with van der Waals surface area (Å²) < 4.78 is 0. The second-order valence-electron chi connectivity index (χ2n) is 3.10. The molecule has 2 heterocycles. The minimum Gasteiger partial charge on any atom is -0.392 e. The Bertz CT molecular complexity index is 258. The first-order valence-electron chi connectivity index (χ1n) is 4.18. The molecule has 3 nitrogen and oxygen atoms in total. The summed E-state index contributed by atoms with van der Waals surface area (Å²) in [4.78, 5) is 4.22. The number of aliphatic hydroxyl groups is 1. The summed E-state index contributed by atoms with van der Waals surface area (Å²) in [6.45, 7) is 0.682. The lowest BCUT2D eigenvalue weighted by Crippen LogP contribution is -2.15. The topological polar surface area (TPSA) is 45.1 Å². The van der Waals surface area contributed by atoms with Gasteiger partial charge in [0.15, 0.2) is 0 Å². The minimum atomic E-state index is -0.211. The number of aliphatic hydroxyl groups excluding tert-OH is 1. The zero-order valence-corrected chi connectivity index (χ0v) is 9.22. The molecule has 1 aliphatic rings. The Morgan fingerprint density at radius 3 is 2.64 bits per heavy atom. The van der Waals surface area contributed by atoms with Gasteiger partial charge in [0.05, 0.1) is 17.8 Å². The number of nitrogens with one attached hydrogen (secondary N) is 1. The van der Waals surface area contributed by atoms with Crippen LogP contribution in [-0.4, -0.2) is 22.7 Å². The molecule has 0 saturated carbocycles. The van der Waals surface area contributed by atoms with E-state index in [9.17, 15) is 5.11 Å². The van der Waals surface area contributed by atoms with Gasteiger partial charge in [0.2, 0.25) is 0 Å². The summed E-state index contributed by atoms with van der Waals surface area (Å²) >= 11 is 0. The molecule has 80 valence electrons. The monoisotopic (exact) mass is 236 g/mol. The normalized spacial score (nSPS) is 24.9. The molecule has 0 unspecified atom stereocenters. The van der Waals surface area contributed by atoms with Crippen LogP contribution >= 0.6 is 24.8 Å². The van der Waals surface area contributed by atoms with Crippen LogP contribution in [0.1, 0.15) is 18.2 Å². The Morgan fingerprint density at radius 1 is 1.36 bits per heavy atom. The fraction of sp³-hybridized carbons (Fsp3) is 0.444. The molecule has 14 heavy (non-hydrogen) atoms. The van der Waals surface area contributed by atoms with Crippen molar-refractivity contribution >= 4 is 24.8 Å². The summed E-state index contributed by atoms with van der Waals surface area (Å²) in [7, 11) is 0. The maximum absolute atomic E-state index is 9.27. The Morgan fingerprint density at radius 2 is 2.14 bits per heavy atom. The Kier molecular flexibility index (Phi) is 6.04. The third-order valence-electron chi connectivity index (χ3n) is 2.15. The van der Waals surface area contributed by atoms with Gasteiger partial charge in [0.1, 0.15) is 0 Å². The standard InChI is InChI=1S/C9H12N2O.2ClH/c12-7-5-9(11-6-7)8-3-1-2-4-10-8;;/h1-4,7,9,11-12H,5-6H2;2*1H/t7-,9+;;/m0../s1. The molecule has 0 radical (unpaired) electrons. The van der Waals surface area contributed by atoms with Gasteiger partial charge in [0, 0.05) is 12.7 Å². The molecule has 0 bridgehead atoms. The molecule has 5 heteroatoms. The maximum Gasteiger partial charge on any atom is 0.0683 e. The van der Waals surface area contributed by atoms with E-state index in [2.05, 4.69) is 10.3 Å². The van der Waals surface area contributed by atoms with Gasteiger partial charge in [-0.25, -0.2) is 0 Å². The molecular weight excluding hydrogens is 223 g/mol. The van der Waals surface area contributed by atoms with E-state index in [1.54, 1.807) is 6.20 Å². The van der Waals surface area contributed by atoms with Gasteiger partial charge < -0.3 is 10.4 Å². The summed E-state index contributed by atoms with van der Waals surface area (Å²) in [5.74, 6) is 0. The van der Waals surface area contributed by atoms with E-state index in [4.69, 9.17) is 0 Å². The number of nitrogens with zero attached hydrogens (tertiary/aromatic N) is 1. The highest BCUT2D eigenvalue weighted by molar-refractivity contribution is 5.85. The first kappa shape index (κ1) is 13.7. The smallest absolute Gasteiger partial charge is 0.0683 e. The Balaban J connectivity index is 0.000000845. The van der Waals surface area contributed by atoms with Gasteiger partial charge in [-0.15, -0.1) is 24.8 Å². The van der Waals surface area contributed by atoms with Crippen molar-refractivity contribution in [1.29, 1.82) is 0 Å². The average Bonchev–Trinajstić information content (AvgIpc) is 2.54. The second kappa shape index (κ2) is 6.19. The van der Waals surface area contributed by atoms with Gasteiger partial charge >= 0.3 is 0 Å². The molecule has 0 aliphatic carbocycles. The fourth-order valence-electron chi connectivity index (χ4n) is 1.52. The molecular formula is C9H14Cl2N2O. The van der Waals surface area contributed by atoms with Crippen LogP contribution in [0.5, 0.6) is 0 Å². The van der Waals surface area contributed by atoms with E-state index in [-0.39, 0.29) is 37.0 Å². The van der Waals surface area contributed by atoms with Crippen molar-refractivity contribution in [1.82, 2.24) is 10.3 Å². The maximum atomic E-state index is 9.27. The van der Waals surface area contributed by atoms with Crippen LogP contribution in [0.4, 0.5) is 0 Å². The lowest BCUT2D eigenvalue weighted by atomic mass is 10.1. The molecule has 1 aromatic rings. The molecule has 0 amide bonds. The summed E-state index contributed by atoms with van der Waals surface area (Å²) in [5, 5.41) is 12.5. The number of rotatable bonds is 1. The average molecular weight is 237 g/mol. The number of β-amino-alcohol motifs (C(OH)–C–C–N with tert-alkyl or cyclic N) is 1. The third-order valence-corrected chi connectivity index (χ3v) is 2.15. The number of hydrogen-bond acceptors (Lipinski definition) is 3. The minimum absolute atomic E-state index is 0. The Labute approximate surface area is 95.8 Å². The van der Waals surface area contributed by atoms with Gasteiger partial charge in [-0.3, -0.25) is 4.98 Å². The quantitative estimate of drug-likeness (QED) is 0.774. The second-order valence-corrected chi connectivity index (χ2v) is 3.10. The zero-order valence-electron chi connectivity index (χ0n) is 7.59. The predicted molar refractivity (Wildman–Crippen MR) is 60.1 cm³/mol. The van der Waals surface area contributed by atoms with Crippen molar-refractivity contribution in [3.05, 3.63) is 30.1 Å². The van der Waals surface area contributed by atoms with Gasteiger partial charge in [0.25, 0.3) is 0 Å². The zero-order chi connectivity index (χ0) is 8.39. The van der Waals surface area contributed by atoms with Crippen LogP contribution in [0.2, 0.25) is 0 Å². The van der Waals surface area contributed by atoms with Crippen LogP contribution in [0.15, 0.2) is 24.4 Å². The first-order valence-corrected chi connectivity index (χ1v) is 4.18. The van der Waals surface area contributed by atoms with Crippen LogP contribution in [0.3, 0.4) is 0 Å². The van der Waals surface area contributed by atoms with Crippen LogP contribution in [0, 0.1) is 0 Å². The van der Waals surface area contributed by atoms with Crippen molar-refractivity contribution in [2.75, 3.05) is 6.54 Å².